The lowest BCUT2D eigenvalue weighted by atomic mass is 9.90. The number of benzene rings is 1. The van der Waals surface area contributed by atoms with E-state index in [1.165, 1.54) is 0 Å². The van der Waals surface area contributed by atoms with Gasteiger partial charge in [-0.25, -0.2) is 0 Å². The van der Waals surface area contributed by atoms with Crippen LogP contribution in [0.5, 0.6) is 0 Å². The fourth-order valence-electron chi connectivity index (χ4n) is 2.81. The molecular formula is C17H20N2O4. The molecule has 0 aromatic heterocycles. The van der Waals surface area contributed by atoms with Gasteiger partial charge < -0.3 is 15.3 Å². The van der Waals surface area contributed by atoms with Gasteiger partial charge in [0.25, 0.3) is 5.91 Å². The third kappa shape index (κ3) is 3.21. The van der Waals surface area contributed by atoms with Crippen molar-refractivity contribution in [3.05, 3.63) is 29.8 Å². The van der Waals surface area contributed by atoms with Crippen molar-refractivity contribution in [2.45, 2.75) is 26.2 Å². The number of hydrogen-bond acceptors (Lipinski definition) is 3. The van der Waals surface area contributed by atoms with Crippen molar-refractivity contribution in [2.24, 2.45) is 11.3 Å². The van der Waals surface area contributed by atoms with Gasteiger partial charge in [0, 0.05) is 30.3 Å². The van der Waals surface area contributed by atoms with E-state index in [0.29, 0.717) is 24.2 Å². The van der Waals surface area contributed by atoms with E-state index in [1.807, 2.05) is 0 Å². The zero-order valence-corrected chi connectivity index (χ0v) is 13.0. The van der Waals surface area contributed by atoms with Gasteiger partial charge in [0.1, 0.15) is 0 Å². The lowest BCUT2D eigenvalue weighted by Gasteiger charge is -2.20. The molecule has 2 amide bonds. The number of carboxylic acids is 1. The molecule has 1 aromatic carbocycles. The summed E-state index contributed by atoms with van der Waals surface area (Å²) in [6.07, 6.45) is 2.30. The molecule has 1 heterocycles. The summed E-state index contributed by atoms with van der Waals surface area (Å²) in [6.45, 7) is 2.30. The van der Waals surface area contributed by atoms with Crippen LogP contribution < -0.4 is 5.32 Å². The lowest BCUT2D eigenvalue weighted by Crippen LogP contribution is -2.34. The van der Waals surface area contributed by atoms with E-state index in [9.17, 15) is 19.5 Å². The van der Waals surface area contributed by atoms with Gasteiger partial charge in [-0.1, -0.05) is 6.07 Å². The standard InChI is InChI=1S/C17H20N2O4/c1-17(16(22)23)7-8-19(10-17)15(21)12-3-2-4-13(9-12)18-14(20)11-5-6-11/h2-4,9,11H,5-8,10H2,1H3,(H,18,20)(H,22,23). The molecule has 2 aliphatic rings. The van der Waals surface area contributed by atoms with Crippen LogP contribution in [-0.2, 0) is 9.59 Å². The first kappa shape index (κ1) is 15.5. The Hall–Kier alpha value is -2.37. The third-order valence-corrected chi connectivity index (χ3v) is 4.60. The number of carbonyl (C=O) groups is 3. The Labute approximate surface area is 134 Å². The van der Waals surface area contributed by atoms with Crippen LogP contribution in [0.25, 0.3) is 0 Å². The number of carbonyl (C=O) groups excluding carboxylic acids is 2. The van der Waals surface area contributed by atoms with Gasteiger partial charge in [0.15, 0.2) is 0 Å². The number of aliphatic carboxylic acids is 1. The predicted octanol–water partition coefficient (Wildman–Crippen LogP) is 1.97. The molecule has 6 nitrogen and oxygen atoms in total. The number of nitrogens with one attached hydrogen (secondary N) is 1. The van der Waals surface area contributed by atoms with Crippen LogP contribution in [0, 0.1) is 11.3 Å². The molecule has 2 N–H and O–H groups in total. The van der Waals surface area contributed by atoms with E-state index in [4.69, 9.17) is 0 Å². The zero-order chi connectivity index (χ0) is 16.6. The number of hydrogen-bond donors (Lipinski definition) is 2. The maximum atomic E-state index is 12.6. The van der Waals surface area contributed by atoms with Crippen LogP contribution in [-0.4, -0.2) is 40.9 Å². The Morgan fingerprint density at radius 2 is 2.04 bits per heavy atom. The summed E-state index contributed by atoms with van der Waals surface area (Å²) in [4.78, 5) is 37.2. The van der Waals surface area contributed by atoms with E-state index in [-0.39, 0.29) is 24.3 Å². The average Bonchev–Trinajstić information content (AvgIpc) is 3.29. The molecule has 0 radical (unpaired) electrons. The molecule has 122 valence electrons. The smallest absolute Gasteiger partial charge is 0.311 e. The Morgan fingerprint density at radius 3 is 2.65 bits per heavy atom. The Balaban J connectivity index is 1.70. The van der Waals surface area contributed by atoms with E-state index >= 15 is 0 Å². The normalized spacial score (nSPS) is 23.6. The van der Waals surface area contributed by atoms with Gasteiger partial charge in [-0.15, -0.1) is 0 Å². The number of rotatable bonds is 4. The summed E-state index contributed by atoms with van der Waals surface area (Å²) in [6, 6.07) is 6.81. The molecule has 23 heavy (non-hydrogen) atoms. The van der Waals surface area contributed by atoms with E-state index in [2.05, 4.69) is 5.32 Å². The number of anilines is 1. The lowest BCUT2D eigenvalue weighted by molar-refractivity contribution is -0.147. The number of amides is 2. The minimum Gasteiger partial charge on any atom is -0.481 e. The second-order valence-corrected chi connectivity index (χ2v) is 6.69. The van der Waals surface area contributed by atoms with Crippen molar-refractivity contribution < 1.29 is 19.5 Å². The van der Waals surface area contributed by atoms with Gasteiger partial charge in [0.2, 0.25) is 5.91 Å². The molecule has 0 bridgehead atoms. The first-order chi connectivity index (χ1) is 10.9. The maximum Gasteiger partial charge on any atom is 0.311 e. The fourth-order valence-corrected chi connectivity index (χ4v) is 2.81. The summed E-state index contributed by atoms with van der Waals surface area (Å²) in [7, 11) is 0. The maximum absolute atomic E-state index is 12.6. The molecule has 3 rings (SSSR count). The molecular weight excluding hydrogens is 296 g/mol. The van der Waals surface area contributed by atoms with Gasteiger partial charge in [0.05, 0.1) is 5.41 Å². The van der Waals surface area contributed by atoms with Crippen LogP contribution in [0.4, 0.5) is 5.69 Å². The molecule has 1 atom stereocenters. The molecule has 6 heteroatoms. The molecule has 0 spiro atoms. The molecule has 1 unspecified atom stereocenters. The first-order valence-corrected chi connectivity index (χ1v) is 7.83. The van der Waals surface area contributed by atoms with Crippen molar-refractivity contribution in [1.29, 1.82) is 0 Å². The summed E-state index contributed by atoms with van der Waals surface area (Å²) in [5.74, 6) is -0.978. The topological polar surface area (TPSA) is 86.7 Å². The first-order valence-electron chi connectivity index (χ1n) is 7.83. The Morgan fingerprint density at radius 1 is 1.30 bits per heavy atom. The van der Waals surface area contributed by atoms with Crippen LogP contribution in [0.3, 0.4) is 0 Å². The molecule has 1 aliphatic heterocycles. The molecule has 1 saturated heterocycles. The number of nitrogens with zero attached hydrogens (tertiary/aromatic N) is 1. The fraction of sp³-hybridized carbons (Fsp3) is 0.471. The average molecular weight is 316 g/mol. The van der Waals surface area contributed by atoms with Crippen molar-refractivity contribution in [3.8, 4) is 0 Å². The van der Waals surface area contributed by atoms with Gasteiger partial charge in [-0.2, -0.15) is 0 Å². The Kier molecular flexibility index (Phi) is 3.83. The van der Waals surface area contributed by atoms with Crippen LogP contribution in [0.15, 0.2) is 24.3 Å². The summed E-state index contributed by atoms with van der Waals surface area (Å²) < 4.78 is 0. The second-order valence-electron chi connectivity index (χ2n) is 6.69. The van der Waals surface area contributed by atoms with Gasteiger partial charge in [-0.05, 0) is 44.4 Å². The largest absolute Gasteiger partial charge is 0.481 e. The highest BCUT2D eigenvalue weighted by Crippen LogP contribution is 2.32. The van der Waals surface area contributed by atoms with Crippen molar-refractivity contribution >= 4 is 23.5 Å². The second kappa shape index (κ2) is 5.68. The molecule has 1 aliphatic carbocycles. The van der Waals surface area contributed by atoms with Crippen molar-refractivity contribution in [1.82, 2.24) is 4.90 Å². The van der Waals surface area contributed by atoms with E-state index in [1.54, 1.807) is 36.1 Å². The zero-order valence-electron chi connectivity index (χ0n) is 13.0. The van der Waals surface area contributed by atoms with Crippen molar-refractivity contribution in [3.63, 3.8) is 0 Å². The van der Waals surface area contributed by atoms with Crippen LogP contribution in [0.2, 0.25) is 0 Å². The van der Waals surface area contributed by atoms with E-state index < -0.39 is 11.4 Å². The highest BCUT2D eigenvalue weighted by Gasteiger charge is 2.42. The minimum atomic E-state index is -0.881. The predicted molar refractivity (Wildman–Crippen MR) is 84.1 cm³/mol. The highest BCUT2D eigenvalue weighted by molar-refractivity contribution is 5.98. The van der Waals surface area contributed by atoms with Gasteiger partial charge in [-0.3, -0.25) is 14.4 Å². The third-order valence-electron chi connectivity index (χ3n) is 4.60. The molecule has 1 saturated carbocycles. The minimum absolute atomic E-state index is 0.00535. The summed E-state index contributed by atoms with van der Waals surface area (Å²) in [5, 5.41) is 12.1. The van der Waals surface area contributed by atoms with E-state index in [0.717, 1.165) is 12.8 Å². The highest BCUT2D eigenvalue weighted by atomic mass is 16.4. The SMILES string of the molecule is CC1(C(=O)O)CCN(C(=O)c2cccc(NC(=O)C3CC3)c2)C1. The van der Waals surface area contributed by atoms with Crippen LogP contribution in [0.1, 0.15) is 36.5 Å². The monoisotopic (exact) mass is 316 g/mol. The van der Waals surface area contributed by atoms with Crippen LogP contribution >= 0.6 is 0 Å². The molecule has 2 fully saturated rings. The van der Waals surface area contributed by atoms with Gasteiger partial charge >= 0.3 is 5.97 Å². The number of likely N-dealkylation sites (tertiary alicyclic amines) is 1. The Bertz CT molecular complexity index is 668. The summed E-state index contributed by atoms with van der Waals surface area (Å²) >= 11 is 0. The number of carboxylic acid groups (broad SMARTS) is 1. The quantitative estimate of drug-likeness (QED) is 0.889. The summed E-state index contributed by atoms with van der Waals surface area (Å²) in [5.41, 5.74) is 0.189. The molecule has 1 aromatic rings. The van der Waals surface area contributed by atoms with Crippen molar-refractivity contribution in [2.75, 3.05) is 18.4 Å².